The Kier molecular flexibility index (Phi) is 5.06. The quantitative estimate of drug-likeness (QED) is 0.755. The van der Waals surface area contributed by atoms with E-state index in [-0.39, 0.29) is 5.91 Å². The van der Waals surface area contributed by atoms with Crippen LogP contribution < -0.4 is 5.32 Å². The Bertz CT molecular complexity index is 840. The van der Waals surface area contributed by atoms with Gasteiger partial charge >= 0.3 is 0 Å². The van der Waals surface area contributed by atoms with Gasteiger partial charge in [0.15, 0.2) is 0 Å². The van der Waals surface area contributed by atoms with E-state index in [1.54, 1.807) is 0 Å². The van der Waals surface area contributed by atoms with Crippen LogP contribution in [0.2, 0.25) is 0 Å². The molecule has 4 heteroatoms. The Balaban J connectivity index is 1.68. The van der Waals surface area contributed by atoms with Gasteiger partial charge < -0.3 is 5.32 Å². The number of rotatable bonds is 5. The lowest BCUT2D eigenvalue weighted by molar-refractivity contribution is 0.0954. The van der Waals surface area contributed by atoms with Crippen molar-refractivity contribution in [2.45, 2.75) is 26.8 Å². The number of carbonyl (C=O) groups is 1. The molecule has 0 saturated carbocycles. The second-order valence-corrected chi connectivity index (χ2v) is 6.88. The number of nitrogens with zero attached hydrogens (tertiary/aromatic N) is 1. The summed E-state index contributed by atoms with van der Waals surface area (Å²) < 4.78 is 0. The van der Waals surface area contributed by atoms with Gasteiger partial charge in [0.1, 0.15) is 4.88 Å². The number of thiazole rings is 1. The first-order chi connectivity index (χ1) is 11.6. The molecule has 0 aliphatic heterocycles. The van der Waals surface area contributed by atoms with Gasteiger partial charge in [-0.15, -0.1) is 11.3 Å². The molecule has 3 aromatic rings. The molecule has 0 aliphatic carbocycles. The van der Waals surface area contributed by atoms with E-state index in [1.165, 1.54) is 22.5 Å². The predicted molar refractivity (Wildman–Crippen MR) is 98.4 cm³/mol. The van der Waals surface area contributed by atoms with Crippen molar-refractivity contribution in [3.63, 3.8) is 0 Å². The number of hydrogen-bond donors (Lipinski definition) is 1. The Hall–Kier alpha value is -2.46. The fourth-order valence-corrected chi connectivity index (χ4v) is 3.59. The molecule has 0 atom stereocenters. The summed E-state index contributed by atoms with van der Waals surface area (Å²) in [6, 6.07) is 18.3. The highest BCUT2D eigenvalue weighted by Crippen LogP contribution is 2.21. The van der Waals surface area contributed by atoms with Crippen molar-refractivity contribution >= 4 is 17.2 Å². The van der Waals surface area contributed by atoms with Crippen LogP contribution in [0.5, 0.6) is 0 Å². The van der Waals surface area contributed by atoms with Gasteiger partial charge in [0.05, 0.1) is 10.7 Å². The molecule has 24 heavy (non-hydrogen) atoms. The van der Waals surface area contributed by atoms with Crippen LogP contribution in [0.15, 0.2) is 54.6 Å². The number of aryl methyl sites for hydroxylation is 2. The predicted octanol–water partition coefficient (Wildman–Crippen LogP) is 4.28. The standard InChI is InChI=1S/C20H20N2OS/c1-14-8-6-7-11-17(14)13-21-20(23)19-15(2)22-18(24-19)12-16-9-4-3-5-10-16/h3-11H,12-13H2,1-2H3,(H,21,23). The zero-order chi connectivity index (χ0) is 16.9. The smallest absolute Gasteiger partial charge is 0.263 e. The maximum atomic E-state index is 12.5. The normalized spacial score (nSPS) is 10.6. The van der Waals surface area contributed by atoms with E-state index in [0.717, 1.165) is 22.7 Å². The third-order valence-corrected chi connectivity index (χ3v) is 5.10. The fourth-order valence-electron chi connectivity index (χ4n) is 2.57. The molecule has 0 radical (unpaired) electrons. The Morgan fingerprint density at radius 2 is 1.75 bits per heavy atom. The van der Waals surface area contributed by atoms with Crippen LogP contribution in [0.4, 0.5) is 0 Å². The maximum Gasteiger partial charge on any atom is 0.263 e. The Morgan fingerprint density at radius 1 is 1.04 bits per heavy atom. The van der Waals surface area contributed by atoms with Gasteiger partial charge in [-0.2, -0.15) is 0 Å². The molecule has 122 valence electrons. The average molecular weight is 336 g/mol. The van der Waals surface area contributed by atoms with E-state index in [0.29, 0.717) is 11.4 Å². The minimum atomic E-state index is -0.0486. The summed E-state index contributed by atoms with van der Waals surface area (Å²) in [5.41, 5.74) is 4.33. The summed E-state index contributed by atoms with van der Waals surface area (Å²) >= 11 is 1.48. The van der Waals surface area contributed by atoms with Gasteiger partial charge in [-0.05, 0) is 30.5 Å². The van der Waals surface area contributed by atoms with Crippen LogP contribution in [-0.2, 0) is 13.0 Å². The lowest BCUT2D eigenvalue weighted by Gasteiger charge is -2.07. The molecule has 0 bridgehead atoms. The molecule has 1 N–H and O–H groups in total. The van der Waals surface area contributed by atoms with Crippen LogP contribution in [0.25, 0.3) is 0 Å². The summed E-state index contributed by atoms with van der Waals surface area (Å²) in [5, 5.41) is 3.98. The second-order valence-electron chi connectivity index (χ2n) is 5.79. The van der Waals surface area contributed by atoms with Gasteiger partial charge in [0.2, 0.25) is 0 Å². The number of nitrogens with one attached hydrogen (secondary N) is 1. The first-order valence-electron chi connectivity index (χ1n) is 7.96. The first-order valence-corrected chi connectivity index (χ1v) is 8.78. The Labute approximate surface area is 146 Å². The van der Waals surface area contributed by atoms with Crippen LogP contribution in [0.1, 0.15) is 37.1 Å². The van der Waals surface area contributed by atoms with Gasteiger partial charge in [-0.3, -0.25) is 4.79 Å². The molecule has 0 unspecified atom stereocenters. The van der Waals surface area contributed by atoms with Gasteiger partial charge in [-0.25, -0.2) is 4.98 Å². The molecule has 1 aromatic heterocycles. The molecule has 3 nitrogen and oxygen atoms in total. The van der Waals surface area contributed by atoms with E-state index >= 15 is 0 Å². The Morgan fingerprint density at radius 3 is 2.50 bits per heavy atom. The fraction of sp³-hybridized carbons (Fsp3) is 0.200. The number of benzene rings is 2. The SMILES string of the molecule is Cc1ccccc1CNC(=O)c1sc(Cc2ccccc2)nc1C. The van der Waals surface area contributed by atoms with E-state index in [4.69, 9.17) is 0 Å². The lowest BCUT2D eigenvalue weighted by atomic mass is 10.1. The zero-order valence-electron chi connectivity index (χ0n) is 13.9. The minimum Gasteiger partial charge on any atom is -0.347 e. The molecule has 0 saturated heterocycles. The highest BCUT2D eigenvalue weighted by molar-refractivity contribution is 7.13. The summed E-state index contributed by atoms with van der Waals surface area (Å²) in [7, 11) is 0. The average Bonchev–Trinajstić information content (AvgIpc) is 2.95. The van der Waals surface area contributed by atoms with Crippen molar-refractivity contribution in [1.82, 2.24) is 10.3 Å². The molecule has 2 aromatic carbocycles. The van der Waals surface area contributed by atoms with Gasteiger partial charge in [-0.1, -0.05) is 54.6 Å². The maximum absolute atomic E-state index is 12.5. The molecule has 3 rings (SSSR count). The van der Waals surface area contributed by atoms with Crippen LogP contribution in [0.3, 0.4) is 0 Å². The number of aromatic nitrogens is 1. The summed E-state index contributed by atoms with van der Waals surface area (Å²) in [5.74, 6) is -0.0486. The molecular formula is C20H20N2OS. The monoisotopic (exact) mass is 336 g/mol. The minimum absolute atomic E-state index is 0.0486. The van der Waals surface area contributed by atoms with Gasteiger partial charge in [0, 0.05) is 13.0 Å². The van der Waals surface area contributed by atoms with E-state index in [9.17, 15) is 4.79 Å². The number of hydrogen-bond acceptors (Lipinski definition) is 3. The molecule has 0 aliphatic rings. The zero-order valence-corrected chi connectivity index (χ0v) is 14.7. The van der Waals surface area contributed by atoms with Crippen molar-refractivity contribution in [1.29, 1.82) is 0 Å². The number of amides is 1. The molecule has 0 fully saturated rings. The second kappa shape index (κ2) is 7.41. The summed E-state index contributed by atoms with van der Waals surface area (Å²) in [6.07, 6.45) is 0.761. The third-order valence-electron chi connectivity index (χ3n) is 3.95. The molecular weight excluding hydrogens is 316 g/mol. The van der Waals surface area contributed by atoms with Crippen molar-refractivity contribution in [2.24, 2.45) is 0 Å². The topological polar surface area (TPSA) is 42.0 Å². The largest absolute Gasteiger partial charge is 0.347 e. The van der Waals surface area contributed by atoms with E-state index in [2.05, 4.69) is 35.4 Å². The third kappa shape index (κ3) is 3.89. The van der Waals surface area contributed by atoms with Crippen LogP contribution in [-0.4, -0.2) is 10.9 Å². The highest BCUT2D eigenvalue weighted by atomic mass is 32.1. The van der Waals surface area contributed by atoms with E-state index in [1.807, 2.05) is 43.3 Å². The number of carbonyl (C=O) groups excluding carboxylic acids is 1. The summed E-state index contributed by atoms with van der Waals surface area (Å²) in [6.45, 7) is 4.49. The van der Waals surface area contributed by atoms with Crippen molar-refractivity contribution in [3.8, 4) is 0 Å². The molecule has 1 amide bonds. The first kappa shape index (κ1) is 16.4. The van der Waals surface area contributed by atoms with Gasteiger partial charge in [0.25, 0.3) is 5.91 Å². The lowest BCUT2D eigenvalue weighted by Crippen LogP contribution is -2.22. The van der Waals surface area contributed by atoms with Crippen LogP contribution in [0, 0.1) is 13.8 Å². The van der Waals surface area contributed by atoms with E-state index < -0.39 is 0 Å². The van der Waals surface area contributed by atoms with Crippen molar-refractivity contribution in [3.05, 3.63) is 86.9 Å². The highest BCUT2D eigenvalue weighted by Gasteiger charge is 2.15. The van der Waals surface area contributed by atoms with Crippen LogP contribution >= 0.6 is 11.3 Å². The molecule has 0 spiro atoms. The molecule has 1 heterocycles. The van der Waals surface area contributed by atoms with Crippen molar-refractivity contribution < 1.29 is 4.79 Å². The van der Waals surface area contributed by atoms with Crippen molar-refractivity contribution in [2.75, 3.05) is 0 Å². The summed E-state index contributed by atoms with van der Waals surface area (Å²) in [4.78, 5) is 17.7.